The Hall–Kier alpha value is -0.650. The van der Waals surface area contributed by atoms with Gasteiger partial charge < -0.3 is 20.1 Å². The molecular weight excluding hydrogens is 196 g/mol. The molecule has 86 valence electrons. The number of nitrogens with one attached hydrogen (secondary N) is 2. The van der Waals surface area contributed by atoms with Crippen LogP contribution < -0.4 is 10.6 Å². The van der Waals surface area contributed by atoms with Gasteiger partial charge in [0.1, 0.15) is 0 Å². The number of carbonyl (C=O) groups is 1. The van der Waals surface area contributed by atoms with Crippen molar-refractivity contribution in [2.45, 2.75) is 12.5 Å². The van der Waals surface area contributed by atoms with Gasteiger partial charge in [0.15, 0.2) is 0 Å². The van der Waals surface area contributed by atoms with Crippen LogP contribution in [0.2, 0.25) is 0 Å². The highest BCUT2D eigenvalue weighted by Gasteiger charge is 2.23. The molecule has 2 unspecified atom stereocenters. The van der Waals surface area contributed by atoms with Crippen LogP contribution in [-0.2, 0) is 14.3 Å². The zero-order valence-electron chi connectivity index (χ0n) is 8.83. The highest BCUT2D eigenvalue weighted by Crippen LogP contribution is 2.07. The monoisotopic (exact) mass is 214 g/mol. The number of rotatable bonds is 3. The average molecular weight is 214 g/mol. The molecule has 2 saturated heterocycles. The molecule has 15 heavy (non-hydrogen) atoms. The maximum absolute atomic E-state index is 11.6. The normalized spacial score (nSPS) is 31.5. The van der Waals surface area contributed by atoms with Gasteiger partial charge in [-0.15, -0.1) is 0 Å². The van der Waals surface area contributed by atoms with Crippen molar-refractivity contribution in [3.05, 3.63) is 0 Å². The highest BCUT2D eigenvalue weighted by molar-refractivity contribution is 5.79. The molecule has 5 nitrogen and oxygen atoms in total. The minimum Gasteiger partial charge on any atom is -0.376 e. The van der Waals surface area contributed by atoms with E-state index in [4.69, 9.17) is 9.47 Å². The maximum Gasteiger partial charge on any atom is 0.224 e. The van der Waals surface area contributed by atoms with Crippen LogP contribution in [0.3, 0.4) is 0 Å². The van der Waals surface area contributed by atoms with Gasteiger partial charge in [-0.25, -0.2) is 0 Å². The van der Waals surface area contributed by atoms with Crippen LogP contribution >= 0.6 is 0 Å². The number of amides is 1. The maximum atomic E-state index is 11.6. The molecule has 0 radical (unpaired) electrons. The second kappa shape index (κ2) is 5.44. The number of hydrogen-bond acceptors (Lipinski definition) is 4. The van der Waals surface area contributed by atoms with Crippen LogP contribution in [-0.4, -0.2) is 51.5 Å². The fourth-order valence-corrected chi connectivity index (χ4v) is 1.89. The highest BCUT2D eigenvalue weighted by atomic mass is 16.6. The van der Waals surface area contributed by atoms with E-state index in [0.717, 1.165) is 19.5 Å². The Balaban J connectivity index is 1.65. The van der Waals surface area contributed by atoms with E-state index in [2.05, 4.69) is 10.6 Å². The third-order valence-corrected chi connectivity index (χ3v) is 2.82. The van der Waals surface area contributed by atoms with Crippen LogP contribution in [0.15, 0.2) is 0 Å². The van der Waals surface area contributed by atoms with Gasteiger partial charge in [-0.05, 0) is 13.0 Å². The van der Waals surface area contributed by atoms with E-state index in [9.17, 15) is 4.79 Å². The summed E-state index contributed by atoms with van der Waals surface area (Å²) >= 11 is 0. The predicted octanol–water partition coefficient (Wildman–Crippen LogP) is -0.872. The number of ether oxygens (including phenoxy) is 2. The third kappa shape index (κ3) is 3.15. The molecule has 5 heteroatoms. The van der Waals surface area contributed by atoms with Gasteiger partial charge in [-0.2, -0.15) is 0 Å². The smallest absolute Gasteiger partial charge is 0.224 e. The van der Waals surface area contributed by atoms with Crippen molar-refractivity contribution in [3.63, 3.8) is 0 Å². The molecule has 0 aromatic carbocycles. The summed E-state index contributed by atoms with van der Waals surface area (Å²) in [6.07, 6.45) is 0.963. The molecule has 0 aromatic heterocycles. The van der Waals surface area contributed by atoms with E-state index >= 15 is 0 Å². The third-order valence-electron chi connectivity index (χ3n) is 2.82. The Morgan fingerprint density at radius 2 is 2.40 bits per heavy atom. The molecule has 0 spiro atoms. The molecule has 2 rings (SSSR count). The van der Waals surface area contributed by atoms with Gasteiger partial charge in [0.2, 0.25) is 5.91 Å². The summed E-state index contributed by atoms with van der Waals surface area (Å²) in [6.45, 7) is 4.19. The van der Waals surface area contributed by atoms with Crippen molar-refractivity contribution >= 4 is 5.91 Å². The molecule has 2 fully saturated rings. The Kier molecular flexibility index (Phi) is 3.94. The lowest BCUT2D eigenvalue weighted by molar-refractivity contribution is -0.127. The molecule has 1 amide bonds. The first-order chi connectivity index (χ1) is 7.36. The summed E-state index contributed by atoms with van der Waals surface area (Å²) in [4.78, 5) is 11.6. The van der Waals surface area contributed by atoms with E-state index in [1.54, 1.807) is 0 Å². The topological polar surface area (TPSA) is 59.6 Å². The van der Waals surface area contributed by atoms with Crippen molar-refractivity contribution < 1.29 is 14.3 Å². The van der Waals surface area contributed by atoms with E-state index in [-0.39, 0.29) is 17.9 Å². The van der Waals surface area contributed by atoms with Crippen LogP contribution in [0.25, 0.3) is 0 Å². The standard InChI is InChI=1S/C10H18N2O3/c13-10(8-1-2-11-5-8)12-6-9-7-14-3-4-15-9/h8-9,11H,1-7H2,(H,12,13). The summed E-state index contributed by atoms with van der Waals surface area (Å²) in [6, 6.07) is 0. The average Bonchev–Trinajstić information content (AvgIpc) is 2.81. The summed E-state index contributed by atoms with van der Waals surface area (Å²) in [5.74, 6) is 0.267. The molecule has 2 heterocycles. The first-order valence-electron chi connectivity index (χ1n) is 5.54. The predicted molar refractivity (Wildman–Crippen MR) is 54.5 cm³/mol. The minimum atomic E-state index is 0.0251. The van der Waals surface area contributed by atoms with Crippen LogP contribution in [0.4, 0.5) is 0 Å². The second-order valence-electron chi connectivity index (χ2n) is 4.00. The Labute approximate surface area is 89.5 Å². The van der Waals surface area contributed by atoms with Crippen molar-refractivity contribution in [1.29, 1.82) is 0 Å². The zero-order chi connectivity index (χ0) is 10.5. The van der Waals surface area contributed by atoms with E-state index < -0.39 is 0 Å². The minimum absolute atomic E-state index is 0.0251. The van der Waals surface area contributed by atoms with Gasteiger partial charge in [-0.3, -0.25) is 4.79 Å². The van der Waals surface area contributed by atoms with Crippen molar-refractivity contribution in [2.75, 3.05) is 39.5 Å². The van der Waals surface area contributed by atoms with E-state index in [0.29, 0.717) is 26.4 Å². The zero-order valence-corrected chi connectivity index (χ0v) is 8.83. The van der Waals surface area contributed by atoms with Gasteiger partial charge in [0.25, 0.3) is 0 Å². The molecule has 0 bridgehead atoms. The molecule has 0 saturated carbocycles. The summed E-state index contributed by atoms with van der Waals surface area (Å²) in [7, 11) is 0. The van der Waals surface area contributed by atoms with Gasteiger partial charge in [0, 0.05) is 13.1 Å². The molecule has 2 atom stereocenters. The van der Waals surface area contributed by atoms with Crippen LogP contribution in [0.5, 0.6) is 0 Å². The first kappa shape index (κ1) is 10.9. The van der Waals surface area contributed by atoms with Gasteiger partial charge in [-0.1, -0.05) is 0 Å². The Morgan fingerprint density at radius 1 is 1.47 bits per heavy atom. The molecule has 0 aromatic rings. The summed E-state index contributed by atoms with van der Waals surface area (Å²) in [5.41, 5.74) is 0. The lowest BCUT2D eigenvalue weighted by Crippen LogP contribution is -2.42. The lowest BCUT2D eigenvalue weighted by Gasteiger charge is -2.23. The van der Waals surface area contributed by atoms with Crippen molar-refractivity contribution in [3.8, 4) is 0 Å². The number of hydrogen-bond donors (Lipinski definition) is 2. The Morgan fingerprint density at radius 3 is 3.07 bits per heavy atom. The Bertz CT molecular complexity index is 211. The van der Waals surface area contributed by atoms with Gasteiger partial charge in [0.05, 0.1) is 31.8 Å². The summed E-state index contributed by atoms with van der Waals surface area (Å²) < 4.78 is 10.7. The molecule has 2 aliphatic rings. The van der Waals surface area contributed by atoms with Crippen molar-refractivity contribution in [2.24, 2.45) is 5.92 Å². The molecule has 0 aliphatic carbocycles. The number of carbonyl (C=O) groups excluding carboxylic acids is 1. The fraction of sp³-hybridized carbons (Fsp3) is 0.900. The van der Waals surface area contributed by atoms with Crippen LogP contribution in [0.1, 0.15) is 6.42 Å². The molecule has 2 aliphatic heterocycles. The lowest BCUT2D eigenvalue weighted by atomic mass is 10.1. The second-order valence-corrected chi connectivity index (χ2v) is 4.00. The summed E-state index contributed by atoms with van der Waals surface area (Å²) in [5, 5.41) is 6.08. The van der Waals surface area contributed by atoms with E-state index in [1.807, 2.05) is 0 Å². The SMILES string of the molecule is O=C(NCC1COCCO1)C1CCNC1. The quantitative estimate of drug-likeness (QED) is 0.641. The first-order valence-corrected chi connectivity index (χ1v) is 5.54. The largest absolute Gasteiger partial charge is 0.376 e. The molecular formula is C10H18N2O3. The van der Waals surface area contributed by atoms with Crippen LogP contribution in [0, 0.1) is 5.92 Å². The van der Waals surface area contributed by atoms with Gasteiger partial charge >= 0.3 is 0 Å². The fourth-order valence-electron chi connectivity index (χ4n) is 1.89. The van der Waals surface area contributed by atoms with E-state index in [1.165, 1.54) is 0 Å². The molecule has 2 N–H and O–H groups in total. The van der Waals surface area contributed by atoms with Crippen molar-refractivity contribution in [1.82, 2.24) is 10.6 Å².